The number of carbonyl (C=O) groups is 1. The number of amides is 1. The zero-order valence-corrected chi connectivity index (χ0v) is 18.8. The Kier molecular flexibility index (Phi) is 5.65. The van der Waals surface area contributed by atoms with E-state index in [1.54, 1.807) is 11.3 Å². The van der Waals surface area contributed by atoms with Crippen molar-refractivity contribution in [1.29, 1.82) is 0 Å². The third-order valence-corrected chi connectivity index (χ3v) is 7.17. The average Bonchev–Trinajstić information content (AvgIpc) is 3.37. The molecule has 0 radical (unpaired) electrons. The van der Waals surface area contributed by atoms with Crippen molar-refractivity contribution in [1.82, 2.24) is 19.9 Å². The predicted molar refractivity (Wildman–Crippen MR) is 119 cm³/mol. The highest BCUT2D eigenvalue weighted by molar-refractivity contribution is 7.22. The molecule has 0 unspecified atom stereocenters. The van der Waals surface area contributed by atoms with E-state index in [1.807, 2.05) is 42.3 Å². The van der Waals surface area contributed by atoms with Crippen LogP contribution in [0.25, 0.3) is 9.88 Å². The smallest absolute Gasteiger partial charge is 0.265 e. The van der Waals surface area contributed by atoms with Gasteiger partial charge in [0, 0.05) is 43.9 Å². The van der Waals surface area contributed by atoms with Gasteiger partial charge in [0.1, 0.15) is 21.5 Å². The number of hydrogen-bond donors (Lipinski definition) is 0. The van der Waals surface area contributed by atoms with Gasteiger partial charge in [-0.15, -0.1) is 22.7 Å². The van der Waals surface area contributed by atoms with Crippen molar-refractivity contribution in [3.8, 4) is 9.88 Å². The third-order valence-electron chi connectivity index (χ3n) is 4.99. The fourth-order valence-corrected chi connectivity index (χ4v) is 5.21. The Hall–Kier alpha value is -2.32. The standard InChI is InChI=1S/C21H25N5OS2/c1-13(2)19-22-14(3)12-17(24-19)25-7-9-26(10-8-25)21(27)18-15(4)23-20(29-18)16-6-5-11-28-16/h5-6,11-13H,7-10H2,1-4H3. The molecule has 1 fully saturated rings. The Morgan fingerprint density at radius 1 is 1.10 bits per heavy atom. The number of rotatable bonds is 4. The van der Waals surface area contributed by atoms with Gasteiger partial charge in [-0.25, -0.2) is 15.0 Å². The minimum atomic E-state index is 0.0872. The fourth-order valence-electron chi connectivity index (χ4n) is 3.38. The summed E-state index contributed by atoms with van der Waals surface area (Å²) in [6.45, 7) is 11.1. The molecule has 3 aromatic heterocycles. The van der Waals surface area contributed by atoms with E-state index < -0.39 is 0 Å². The van der Waals surface area contributed by atoms with Crippen LogP contribution < -0.4 is 4.90 Å². The summed E-state index contributed by atoms with van der Waals surface area (Å²) < 4.78 is 0. The number of aromatic nitrogens is 3. The molecule has 1 aliphatic heterocycles. The van der Waals surface area contributed by atoms with Crippen LogP contribution in [-0.2, 0) is 0 Å². The lowest BCUT2D eigenvalue weighted by Gasteiger charge is -2.35. The molecule has 29 heavy (non-hydrogen) atoms. The highest BCUT2D eigenvalue weighted by atomic mass is 32.1. The molecule has 0 atom stereocenters. The van der Waals surface area contributed by atoms with E-state index in [0.29, 0.717) is 19.0 Å². The molecule has 1 aliphatic rings. The van der Waals surface area contributed by atoms with Crippen molar-refractivity contribution >= 4 is 34.4 Å². The zero-order valence-electron chi connectivity index (χ0n) is 17.2. The lowest BCUT2D eigenvalue weighted by atomic mass is 10.2. The summed E-state index contributed by atoms with van der Waals surface area (Å²) in [5.74, 6) is 2.22. The Labute approximate surface area is 179 Å². The van der Waals surface area contributed by atoms with Gasteiger partial charge in [0.2, 0.25) is 0 Å². The van der Waals surface area contributed by atoms with Crippen LogP contribution in [0.15, 0.2) is 23.6 Å². The lowest BCUT2D eigenvalue weighted by molar-refractivity contribution is 0.0750. The molecule has 0 saturated carbocycles. The molecule has 0 aromatic carbocycles. The Balaban J connectivity index is 1.46. The summed E-state index contributed by atoms with van der Waals surface area (Å²) in [5.41, 5.74) is 1.80. The monoisotopic (exact) mass is 427 g/mol. The molecule has 0 aliphatic carbocycles. The first-order valence-electron chi connectivity index (χ1n) is 9.83. The number of carbonyl (C=O) groups excluding carboxylic acids is 1. The Bertz CT molecular complexity index is 1000. The quantitative estimate of drug-likeness (QED) is 0.619. The summed E-state index contributed by atoms with van der Waals surface area (Å²) in [7, 11) is 0. The van der Waals surface area contributed by atoms with Gasteiger partial charge in [0.25, 0.3) is 5.91 Å². The normalized spacial score (nSPS) is 14.7. The van der Waals surface area contributed by atoms with E-state index in [-0.39, 0.29) is 5.91 Å². The number of aryl methyl sites for hydroxylation is 2. The summed E-state index contributed by atoms with van der Waals surface area (Å²) in [6.07, 6.45) is 0. The summed E-state index contributed by atoms with van der Waals surface area (Å²) in [5, 5.41) is 2.96. The molecule has 1 saturated heterocycles. The molecule has 0 spiro atoms. The van der Waals surface area contributed by atoms with Gasteiger partial charge in [-0.1, -0.05) is 19.9 Å². The van der Waals surface area contributed by atoms with Crippen LogP contribution in [0.4, 0.5) is 5.82 Å². The van der Waals surface area contributed by atoms with Gasteiger partial charge in [-0.2, -0.15) is 0 Å². The molecule has 4 rings (SSSR count). The van der Waals surface area contributed by atoms with Crippen LogP contribution in [0.2, 0.25) is 0 Å². The van der Waals surface area contributed by atoms with Gasteiger partial charge in [0.05, 0.1) is 10.6 Å². The van der Waals surface area contributed by atoms with Gasteiger partial charge in [-0.05, 0) is 25.3 Å². The first kappa shape index (κ1) is 20.0. The number of hydrogen-bond acceptors (Lipinski definition) is 7. The molecular formula is C21H25N5OS2. The first-order valence-corrected chi connectivity index (χ1v) is 11.5. The van der Waals surface area contributed by atoms with Crippen molar-refractivity contribution in [2.75, 3.05) is 31.1 Å². The molecule has 0 N–H and O–H groups in total. The van der Waals surface area contributed by atoms with Gasteiger partial charge in [-0.3, -0.25) is 4.79 Å². The number of anilines is 1. The Morgan fingerprint density at radius 3 is 2.52 bits per heavy atom. The van der Waals surface area contributed by atoms with Crippen LogP contribution in [0.1, 0.15) is 46.6 Å². The molecule has 3 aromatic rings. The number of thiazole rings is 1. The first-order chi connectivity index (χ1) is 13.9. The largest absolute Gasteiger partial charge is 0.353 e. The maximum absolute atomic E-state index is 13.1. The van der Waals surface area contributed by atoms with Gasteiger partial charge >= 0.3 is 0 Å². The number of thiophene rings is 1. The van der Waals surface area contributed by atoms with Crippen molar-refractivity contribution in [3.05, 3.63) is 45.7 Å². The number of nitrogens with zero attached hydrogens (tertiary/aromatic N) is 5. The van der Waals surface area contributed by atoms with Gasteiger partial charge in [0.15, 0.2) is 0 Å². The topological polar surface area (TPSA) is 62.2 Å². The highest BCUT2D eigenvalue weighted by Gasteiger charge is 2.26. The van der Waals surface area contributed by atoms with E-state index in [1.165, 1.54) is 11.3 Å². The molecule has 8 heteroatoms. The molecule has 0 bridgehead atoms. The maximum atomic E-state index is 13.1. The number of piperazine rings is 1. The lowest BCUT2D eigenvalue weighted by Crippen LogP contribution is -2.49. The summed E-state index contributed by atoms with van der Waals surface area (Å²) >= 11 is 3.15. The summed E-state index contributed by atoms with van der Waals surface area (Å²) in [4.78, 5) is 33.0. The summed E-state index contributed by atoms with van der Waals surface area (Å²) in [6, 6.07) is 6.09. The second kappa shape index (κ2) is 8.20. The van der Waals surface area contributed by atoms with E-state index in [2.05, 4.69) is 28.7 Å². The fraction of sp³-hybridized carbons (Fsp3) is 0.429. The minimum Gasteiger partial charge on any atom is -0.353 e. The van der Waals surface area contributed by atoms with Crippen LogP contribution in [-0.4, -0.2) is 51.9 Å². The Morgan fingerprint density at radius 2 is 1.86 bits per heavy atom. The van der Waals surface area contributed by atoms with E-state index >= 15 is 0 Å². The van der Waals surface area contributed by atoms with Gasteiger partial charge < -0.3 is 9.80 Å². The van der Waals surface area contributed by atoms with Crippen molar-refractivity contribution in [2.45, 2.75) is 33.6 Å². The van der Waals surface area contributed by atoms with Crippen LogP contribution in [0.3, 0.4) is 0 Å². The molecular weight excluding hydrogens is 402 g/mol. The van der Waals surface area contributed by atoms with Crippen molar-refractivity contribution < 1.29 is 4.79 Å². The predicted octanol–water partition coefficient (Wildman–Crippen LogP) is 4.36. The minimum absolute atomic E-state index is 0.0872. The van der Waals surface area contributed by atoms with Crippen molar-refractivity contribution in [2.24, 2.45) is 0 Å². The van der Waals surface area contributed by atoms with E-state index in [0.717, 1.165) is 50.9 Å². The van der Waals surface area contributed by atoms with Crippen LogP contribution >= 0.6 is 22.7 Å². The SMILES string of the molecule is Cc1cc(N2CCN(C(=O)c3sc(-c4cccs4)nc3C)CC2)nc(C(C)C)n1. The molecule has 1 amide bonds. The zero-order chi connectivity index (χ0) is 20.5. The highest BCUT2D eigenvalue weighted by Crippen LogP contribution is 2.32. The van der Waals surface area contributed by atoms with E-state index in [4.69, 9.17) is 4.98 Å². The van der Waals surface area contributed by atoms with Crippen LogP contribution in [0.5, 0.6) is 0 Å². The molecule has 6 nitrogen and oxygen atoms in total. The average molecular weight is 428 g/mol. The third kappa shape index (κ3) is 4.18. The molecule has 152 valence electrons. The maximum Gasteiger partial charge on any atom is 0.265 e. The second-order valence-electron chi connectivity index (χ2n) is 7.57. The molecule has 4 heterocycles. The second-order valence-corrected chi connectivity index (χ2v) is 9.52. The van der Waals surface area contributed by atoms with Crippen LogP contribution in [0, 0.1) is 13.8 Å². The van der Waals surface area contributed by atoms with E-state index in [9.17, 15) is 4.79 Å². The van der Waals surface area contributed by atoms with Crippen molar-refractivity contribution in [3.63, 3.8) is 0 Å².